The molecular formula is C15H17N3O2S. The van der Waals surface area contributed by atoms with Crippen molar-refractivity contribution in [2.45, 2.75) is 20.3 Å². The highest BCUT2D eigenvalue weighted by Crippen LogP contribution is 2.23. The third-order valence-electron chi connectivity index (χ3n) is 2.85. The fraction of sp³-hybridized carbons (Fsp3) is 0.267. The second-order valence-corrected chi connectivity index (χ2v) is 5.93. The van der Waals surface area contributed by atoms with Crippen LogP contribution in [0, 0.1) is 5.92 Å². The van der Waals surface area contributed by atoms with Crippen molar-refractivity contribution in [3.05, 3.63) is 34.7 Å². The molecule has 0 fully saturated rings. The topological polar surface area (TPSA) is 85.1 Å². The molecule has 2 amide bonds. The number of rotatable bonds is 5. The van der Waals surface area contributed by atoms with E-state index in [1.165, 1.54) is 11.3 Å². The fourth-order valence-electron chi connectivity index (χ4n) is 1.68. The SMILES string of the molecule is CC(C)C(=O)Nc1ccc(-c2csc(CC(N)=O)n2)cc1. The molecule has 0 spiro atoms. The smallest absolute Gasteiger partial charge is 0.226 e. The summed E-state index contributed by atoms with van der Waals surface area (Å²) in [4.78, 5) is 26.8. The Morgan fingerprint density at radius 1 is 1.29 bits per heavy atom. The lowest BCUT2D eigenvalue weighted by molar-refractivity contribution is -0.119. The van der Waals surface area contributed by atoms with E-state index in [1.807, 2.05) is 43.5 Å². The predicted octanol–water partition coefficient (Wildman–Crippen LogP) is 2.43. The average molecular weight is 303 g/mol. The van der Waals surface area contributed by atoms with Crippen LogP contribution in [0.2, 0.25) is 0 Å². The number of carbonyl (C=O) groups is 2. The Bertz CT molecular complexity index is 647. The molecule has 0 atom stereocenters. The van der Waals surface area contributed by atoms with Gasteiger partial charge in [-0.15, -0.1) is 11.3 Å². The molecule has 0 aliphatic carbocycles. The van der Waals surface area contributed by atoms with E-state index in [2.05, 4.69) is 10.3 Å². The molecule has 110 valence electrons. The summed E-state index contributed by atoms with van der Waals surface area (Å²) in [7, 11) is 0. The Morgan fingerprint density at radius 3 is 2.52 bits per heavy atom. The van der Waals surface area contributed by atoms with E-state index in [9.17, 15) is 9.59 Å². The Balaban J connectivity index is 2.10. The molecule has 0 radical (unpaired) electrons. The number of hydrogen-bond acceptors (Lipinski definition) is 4. The molecule has 0 aliphatic rings. The molecule has 1 heterocycles. The largest absolute Gasteiger partial charge is 0.369 e. The van der Waals surface area contributed by atoms with Crippen LogP contribution in [0.1, 0.15) is 18.9 Å². The Kier molecular flexibility index (Phi) is 4.70. The van der Waals surface area contributed by atoms with E-state index in [-0.39, 0.29) is 24.2 Å². The van der Waals surface area contributed by atoms with Crippen molar-refractivity contribution in [3.8, 4) is 11.3 Å². The van der Waals surface area contributed by atoms with Gasteiger partial charge in [-0.3, -0.25) is 9.59 Å². The van der Waals surface area contributed by atoms with Crippen LogP contribution < -0.4 is 11.1 Å². The molecule has 0 aliphatic heterocycles. The highest BCUT2D eigenvalue weighted by atomic mass is 32.1. The maximum absolute atomic E-state index is 11.6. The number of thiazole rings is 1. The molecule has 0 bridgehead atoms. The zero-order valence-corrected chi connectivity index (χ0v) is 12.7. The molecule has 3 N–H and O–H groups in total. The quantitative estimate of drug-likeness (QED) is 0.889. The molecule has 0 saturated carbocycles. The molecule has 2 aromatic rings. The van der Waals surface area contributed by atoms with Crippen molar-refractivity contribution in [1.29, 1.82) is 0 Å². The van der Waals surface area contributed by atoms with Crippen molar-refractivity contribution in [3.63, 3.8) is 0 Å². The van der Waals surface area contributed by atoms with Crippen LogP contribution in [0.5, 0.6) is 0 Å². The summed E-state index contributed by atoms with van der Waals surface area (Å²) >= 11 is 1.41. The molecule has 1 aromatic heterocycles. The molecule has 6 heteroatoms. The van der Waals surface area contributed by atoms with Crippen LogP contribution in [0.15, 0.2) is 29.6 Å². The number of carbonyl (C=O) groups excluding carboxylic acids is 2. The first-order chi connectivity index (χ1) is 9.95. The maximum atomic E-state index is 11.6. The number of benzene rings is 1. The highest BCUT2D eigenvalue weighted by molar-refractivity contribution is 7.10. The van der Waals surface area contributed by atoms with Gasteiger partial charge in [0.2, 0.25) is 11.8 Å². The molecule has 1 aromatic carbocycles. The van der Waals surface area contributed by atoms with Crippen molar-refractivity contribution < 1.29 is 9.59 Å². The molecule has 0 unspecified atom stereocenters. The third kappa shape index (κ3) is 4.13. The Morgan fingerprint density at radius 2 is 1.95 bits per heavy atom. The molecule has 0 saturated heterocycles. The number of nitrogens with one attached hydrogen (secondary N) is 1. The van der Waals surface area contributed by atoms with Crippen molar-refractivity contribution in [1.82, 2.24) is 4.98 Å². The molecule has 5 nitrogen and oxygen atoms in total. The van der Waals surface area contributed by atoms with Crippen LogP contribution in [0.3, 0.4) is 0 Å². The zero-order chi connectivity index (χ0) is 15.4. The predicted molar refractivity (Wildman–Crippen MR) is 83.9 cm³/mol. The van der Waals surface area contributed by atoms with Crippen LogP contribution in [-0.2, 0) is 16.0 Å². The van der Waals surface area contributed by atoms with E-state index in [4.69, 9.17) is 5.73 Å². The number of primary amides is 1. The first-order valence-electron chi connectivity index (χ1n) is 6.59. The molecule has 2 rings (SSSR count). The monoisotopic (exact) mass is 303 g/mol. The second-order valence-electron chi connectivity index (χ2n) is 4.99. The highest BCUT2D eigenvalue weighted by Gasteiger charge is 2.09. The number of hydrogen-bond donors (Lipinski definition) is 2. The van der Waals surface area contributed by atoms with Gasteiger partial charge in [0.05, 0.1) is 12.1 Å². The summed E-state index contributed by atoms with van der Waals surface area (Å²) in [5.41, 5.74) is 7.64. The summed E-state index contributed by atoms with van der Waals surface area (Å²) in [6, 6.07) is 7.45. The van der Waals surface area contributed by atoms with Gasteiger partial charge in [-0.05, 0) is 12.1 Å². The number of aromatic nitrogens is 1. The lowest BCUT2D eigenvalue weighted by Crippen LogP contribution is -2.17. The van der Waals surface area contributed by atoms with Gasteiger partial charge in [0.15, 0.2) is 0 Å². The van der Waals surface area contributed by atoms with E-state index >= 15 is 0 Å². The lowest BCUT2D eigenvalue weighted by Gasteiger charge is -2.07. The number of nitrogens with two attached hydrogens (primary N) is 1. The summed E-state index contributed by atoms with van der Waals surface area (Å²) in [5.74, 6) is -0.456. The first kappa shape index (κ1) is 15.2. The fourth-order valence-corrected chi connectivity index (χ4v) is 2.50. The Hall–Kier alpha value is -2.21. The van der Waals surface area contributed by atoms with Crippen molar-refractivity contribution in [2.24, 2.45) is 11.7 Å². The standard InChI is InChI=1S/C15H17N3O2S/c1-9(2)15(20)17-11-5-3-10(4-6-11)12-8-21-14(18-12)7-13(16)19/h3-6,8-9H,7H2,1-2H3,(H2,16,19)(H,17,20). The van der Waals surface area contributed by atoms with Gasteiger partial charge in [-0.25, -0.2) is 4.98 Å². The number of amides is 2. The summed E-state index contributed by atoms with van der Waals surface area (Å²) in [5, 5.41) is 5.43. The van der Waals surface area contributed by atoms with E-state index in [0.717, 1.165) is 16.9 Å². The van der Waals surface area contributed by atoms with E-state index in [0.29, 0.717) is 5.01 Å². The van der Waals surface area contributed by atoms with Gasteiger partial charge in [0.1, 0.15) is 5.01 Å². The van der Waals surface area contributed by atoms with Crippen LogP contribution >= 0.6 is 11.3 Å². The van der Waals surface area contributed by atoms with Gasteiger partial charge in [0.25, 0.3) is 0 Å². The molecule has 21 heavy (non-hydrogen) atoms. The minimum Gasteiger partial charge on any atom is -0.369 e. The van der Waals surface area contributed by atoms with Crippen LogP contribution in [0.4, 0.5) is 5.69 Å². The van der Waals surface area contributed by atoms with E-state index in [1.54, 1.807) is 0 Å². The summed E-state index contributed by atoms with van der Waals surface area (Å²) in [6.07, 6.45) is 0.160. The van der Waals surface area contributed by atoms with Gasteiger partial charge >= 0.3 is 0 Å². The van der Waals surface area contributed by atoms with Gasteiger partial charge < -0.3 is 11.1 Å². The third-order valence-corrected chi connectivity index (χ3v) is 3.70. The summed E-state index contributed by atoms with van der Waals surface area (Å²) < 4.78 is 0. The lowest BCUT2D eigenvalue weighted by atomic mass is 10.1. The molecular weight excluding hydrogens is 286 g/mol. The normalized spacial score (nSPS) is 10.6. The van der Waals surface area contributed by atoms with Gasteiger partial charge in [-0.2, -0.15) is 0 Å². The minimum atomic E-state index is -0.386. The van der Waals surface area contributed by atoms with Crippen LogP contribution in [-0.4, -0.2) is 16.8 Å². The Labute approximate surface area is 127 Å². The van der Waals surface area contributed by atoms with Gasteiger partial charge in [-0.1, -0.05) is 26.0 Å². The van der Waals surface area contributed by atoms with Crippen molar-refractivity contribution >= 4 is 28.8 Å². The second kappa shape index (κ2) is 6.49. The van der Waals surface area contributed by atoms with Crippen molar-refractivity contribution in [2.75, 3.05) is 5.32 Å². The minimum absolute atomic E-state index is 0.0137. The van der Waals surface area contributed by atoms with Gasteiger partial charge in [0, 0.05) is 22.5 Å². The number of anilines is 1. The van der Waals surface area contributed by atoms with E-state index < -0.39 is 0 Å². The average Bonchev–Trinajstić information content (AvgIpc) is 2.87. The zero-order valence-electron chi connectivity index (χ0n) is 11.9. The maximum Gasteiger partial charge on any atom is 0.226 e. The number of nitrogens with zero attached hydrogens (tertiary/aromatic N) is 1. The summed E-state index contributed by atoms with van der Waals surface area (Å²) in [6.45, 7) is 3.69. The first-order valence-corrected chi connectivity index (χ1v) is 7.47. The van der Waals surface area contributed by atoms with Crippen LogP contribution in [0.25, 0.3) is 11.3 Å².